The van der Waals surface area contributed by atoms with E-state index in [1.165, 1.54) is 25.1 Å². The minimum Gasteiger partial charge on any atom is -0.497 e. The molecule has 1 fully saturated rings. The van der Waals surface area contributed by atoms with Gasteiger partial charge in [0.25, 0.3) is 0 Å². The van der Waals surface area contributed by atoms with Crippen molar-refractivity contribution in [1.82, 2.24) is 15.4 Å². The molecule has 3 aromatic rings. The van der Waals surface area contributed by atoms with Gasteiger partial charge < -0.3 is 14.7 Å². The van der Waals surface area contributed by atoms with Crippen LogP contribution in [0.25, 0.3) is 10.9 Å². The van der Waals surface area contributed by atoms with Crippen molar-refractivity contribution in [3.63, 3.8) is 0 Å². The average Bonchev–Trinajstić information content (AvgIpc) is 2.97. The van der Waals surface area contributed by atoms with Gasteiger partial charge in [-0.1, -0.05) is 0 Å². The van der Waals surface area contributed by atoms with Crippen molar-refractivity contribution < 1.29 is 37.4 Å². The SMILES string of the molecule is COc1ccc2ncc(CO)c(C(F)CCC3(C(=O)NO)CCN(CCSc4cc(F)c(F)c(F)c4)CC3)c2c1. The van der Waals surface area contributed by atoms with Gasteiger partial charge in [-0.15, -0.1) is 11.8 Å². The summed E-state index contributed by atoms with van der Waals surface area (Å²) in [6, 6.07) is 7.00. The number of carbonyl (C=O) groups excluding carboxylic acids is 1. The van der Waals surface area contributed by atoms with E-state index < -0.39 is 41.6 Å². The number of benzene rings is 2. The number of likely N-dealkylation sites (tertiary alicyclic amines) is 1. The van der Waals surface area contributed by atoms with Gasteiger partial charge in [-0.05, 0) is 69.1 Å². The minimum atomic E-state index is -1.51. The normalized spacial score (nSPS) is 16.2. The molecule has 1 aliphatic rings. The molecule has 0 radical (unpaired) electrons. The molecule has 1 amide bonds. The molecule has 1 aromatic heterocycles. The predicted molar refractivity (Wildman–Crippen MR) is 142 cm³/mol. The zero-order valence-electron chi connectivity index (χ0n) is 21.9. The van der Waals surface area contributed by atoms with Crippen LogP contribution in [0.15, 0.2) is 41.4 Å². The van der Waals surface area contributed by atoms with Crippen LogP contribution in [0.5, 0.6) is 5.75 Å². The van der Waals surface area contributed by atoms with Gasteiger partial charge in [0.05, 0.1) is 24.6 Å². The summed E-state index contributed by atoms with van der Waals surface area (Å²) in [6.07, 6.45) is 0.819. The number of thioether (sulfide) groups is 1. The van der Waals surface area contributed by atoms with Gasteiger partial charge in [0.1, 0.15) is 11.9 Å². The molecule has 0 saturated carbocycles. The highest BCUT2D eigenvalue weighted by Gasteiger charge is 2.41. The van der Waals surface area contributed by atoms with Gasteiger partial charge in [-0.2, -0.15) is 0 Å². The Balaban J connectivity index is 1.41. The quantitative estimate of drug-likeness (QED) is 0.0928. The number of aliphatic hydroxyl groups is 1. The van der Waals surface area contributed by atoms with Crippen LogP contribution in [0, 0.1) is 22.9 Å². The summed E-state index contributed by atoms with van der Waals surface area (Å²) in [5, 5.41) is 19.8. The molecule has 4 rings (SSSR count). The lowest BCUT2D eigenvalue weighted by Crippen LogP contribution is -2.48. The summed E-state index contributed by atoms with van der Waals surface area (Å²) in [6.45, 7) is 1.14. The number of rotatable bonds is 11. The molecule has 0 bridgehead atoms. The number of ether oxygens (including phenoxy) is 1. The number of aromatic nitrogens is 1. The van der Waals surface area contributed by atoms with E-state index in [2.05, 4.69) is 9.88 Å². The van der Waals surface area contributed by atoms with Crippen LogP contribution in [0.4, 0.5) is 17.6 Å². The third-order valence-electron chi connectivity index (χ3n) is 7.59. The largest absolute Gasteiger partial charge is 0.497 e. The number of amides is 1. The lowest BCUT2D eigenvalue weighted by Gasteiger charge is -2.40. The number of methoxy groups -OCH3 is 1. The number of pyridine rings is 1. The molecule has 40 heavy (non-hydrogen) atoms. The molecule has 2 aromatic carbocycles. The first-order valence-electron chi connectivity index (χ1n) is 12.9. The molecule has 0 aliphatic carbocycles. The van der Waals surface area contributed by atoms with E-state index in [1.54, 1.807) is 23.7 Å². The highest BCUT2D eigenvalue weighted by molar-refractivity contribution is 7.99. The molecular weight excluding hydrogens is 550 g/mol. The average molecular weight is 582 g/mol. The number of nitrogens with zero attached hydrogens (tertiary/aromatic N) is 2. The van der Waals surface area contributed by atoms with Gasteiger partial charge in [0.15, 0.2) is 17.5 Å². The monoisotopic (exact) mass is 581 g/mol. The van der Waals surface area contributed by atoms with Gasteiger partial charge >= 0.3 is 0 Å². The summed E-state index contributed by atoms with van der Waals surface area (Å²) in [5.74, 6) is -3.55. The van der Waals surface area contributed by atoms with E-state index in [0.717, 1.165) is 12.1 Å². The third kappa shape index (κ3) is 6.51. The lowest BCUT2D eigenvalue weighted by atomic mass is 9.73. The number of alkyl halides is 1. The second-order valence-electron chi connectivity index (χ2n) is 9.86. The summed E-state index contributed by atoms with van der Waals surface area (Å²) in [5.41, 5.74) is 1.96. The Hall–Kier alpha value is -2.93. The number of nitrogens with one attached hydrogen (secondary N) is 1. The van der Waals surface area contributed by atoms with Crippen LogP contribution >= 0.6 is 11.8 Å². The molecule has 3 N–H and O–H groups in total. The molecule has 2 heterocycles. The van der Waals surface area contributed by atoms with E-state index in [1.807, 2.05) is 0 Å². The fraction of sp³-hybridized carbons (Fsp3) is 0.429. The van der Waals surface area contributed by atoms with Gasteiger partial charge in [0.2, 0.25) is 5.91 Å². The number of fused-ring (bicyclic) bond motifs is 1. The maximum atomic E-state index is 15.9. The zero-order valence-corrected chi connectivity index (χ0v) is 22.7. The van der Waals surface area contributed by atoms with E-state index in [-0.39, 0.29) is 17.7 Å². The van der Waals surface area contributed by atoms with Crippen molar-refractivity contribution in [3.05, 3.63) is 65.1 Å². The number of hydroxylamine groups is 1. The molecule has 0 spiro atoms. The number of hydrogen-bond donors (Lipinski definition) is 3. The molecule has 7 nitrogen and oxygen atoms in total. The number of halogens is 4. The first-order chi connectivity index (χ1) is 19.2. The van der Waals surface area contributed by atoms with E-state index in [4.69, 9.17) is 4.74 Å². The molecule has 12 heteroatoms. The summed E-state index contributed by atoms with van der Waals surface area (Å²) >= 11 is 1.19. The molecule has 1 unspecified atom stereocenters. The Morgan fingerprint density at radius 2 is 1.90 bits per heavy atom. The number of aliphatic hydroxyl groups excluding tert-OH is 1. The summed E-state index contributed by atoms with van der Waals surface area (Å²) in [4.78, 5) is 19.4. The fourth-order valence-electron chi connectivity index (χ4n) is 5.23. The predicted octanol–water partition coefficient (Wildman–Crippen LogP) is 5.32. The first-order valence-corrected chi connectivity index (χ1v) is 13.8. The van der Waals surface area contributed by atoms with Crippen LogP contribution in [0.1, 0.15) is 43.0 Å². The van der Waals surface area contributed by atoms with Crippen LogP contribution in [0.2, 0.25) is 0 Å². The van der Waals surface area contributed by atoms with Crippen molar-refractivity contribution in [2.75, 3.05) is 32.5 Å². The van der Waals surface area contributed by atoms with E-state index in [9.17, 15) is 28.3 Å². The molecular formula is C28H31F4N3O4S. The first kappa shape index (κ1) is 30.0. The molecule has 1 aliphatic heterocycles. The summed E-state index contributed by atoms with van der Waals surface area (Å²) in [7, 11) is 1.50. The topological polar surface area (TPSA) is 94.9 Å². The Morgan fingerprint density at radius 3 is 2.52 bits per heavy atom. The van der Waals surface area contributed by atoms with Crippen molar-refractivity contribution in [2.45, 2.75) is 43.4 Å². The highest BCUT2D eigenvalue weighted by atomic mass is 32.2. The number of piperidine rings is 1. The third-order valence-corrected chi connectivity index (χ3v) is 8.54. The van der Waals surface area contributed by atoms with Crippen molar-refractivity contribution in [3.8, 4) is 5.75 Å². The maximum Gasteiger partial charge on any atom is 0.249 e. The maximum absolute atomic E-state index is 15.9. The van der Waals surface area contributed by atoms with E-state index >= 15 is 4.39 Å². The van der Waals surface area contributed by atoms with Crippen LogP contribution < -0.4 is 10.2 Å². The zero-order chi connectivity index (χ0) is 28.9. The molecule has 1 atom stereocenters. The summed E-state index contributed by atoms with van der Waals surface area (Å²) < 4.78 is 61.2. The highest BCUT2D eigenvalue weighted by Crippen LogP contribution is 2.41. The smallest absolute Gasteiger partial charge is 0.249 e. The van der Waals surface area contributed by atoms with Gasteiger partial charge in [0, 0.05) is 39.9 Å². The Morgan fingerprint density at radius 1 is 1.20 bits per heavy atom. The van der Waals surface area contributed by atoms with Crippen LogP contribution in [0.3, 0.4) is 0 Å². The van der Waals surface area contributed by atoms with Crippen LogP contribution in [-0.2, 0) is 11.4 Å². The Kier molecular flexibility index (Phi) is 9.88. The van der Waals surface area contributed by atoms with Crippen molar-refractivity contribution in [1.29, 1.82) is 0 Å². The van der Waals surface area contributed by atoms with Crippen molar-refractivity contribution >= 4 is 28.6 Å². The number of carbonyl (C=O) groups is 1. The van der Waals surface area contributed by atoms with Crippen molar-refractivity contribution in [2.24, 2.45) is 5.41 Å². The fourth-order valence-corrected chi connectivity index (χ4v) is 6.18. The Bertz CT molecular complexity index is 1330. The standard InChI is InChI=1S/C28H31F4N3O4S/c1-39-18-2-3-24-20(12-18)25(17(16-36)15-33-24)21(29)4-5-28(27(37)34-38)6-8-35(9-7-28)10-11-40-19-13-22(30)26(32)23(31)14-19/h2-3,12-15,21,36,38H,4-11,16H2,1H3,(H,34,37). The lowest BCUT2D eigenvalue weighted by molar-refractivity contribution is -0.143. The Labute approximate surface area is 233 Å². The number of hydrogen-bond acceptors (Lipinski definition) is 7. The molecule has 1 saturated heterocycles. The minimum absolute atomic E-state index is 0.0196. The second kappa shape index (κ2) is 13.2. The second-order valence-corrected chi connectivity index (χ2v) is 11.0. The van der Waals surface area contributed by atoms with Crippen LogP contribution in [-0.4, -0.2) is 58.6 Å². The van der Waals surface area contributed by atoms with Gasteiger partial charge in [-0.3, -0.25) is 15.0 Å². The van der Waals surface area contributed by atoms with E-state index in [0.29, 0.717) is 66.0 Å². The molecule has 216 valence electrons. The van der Waals surface area contributed by atoms with Gasteiger partial charge in [-0.25, -0.2) is 23.0 Å².